The van der Waals surface area contributed by atoms with Gasteiger partial charge in [0.25, 0.3) is 0 Å². The first-order valence-corrected chi connectivity index (χ1v) is 13.6. The molecule has 1 saturated heterocycles. The molecule has 25 heavy (non-hydrogen) atoms. The van der Waals surface area contributed by atoms with E-state index in [2.05, 4.69) is 63.4 Å². The van der Waals surface area contributed by atoms with Gasteiger partial charge < -0.3 is 23.4 Å². The number of alkyl halides is 1. The van der Waals surface area contributed by atoms with Crippen molar-refractivity contribution in [2.75, 3.05) is 25.4 Å². The number of halogens is 1. The maximum absolute atomic E-state index is 6.82. The molecule has 5 nitrogen and oxygen atoms in total. The molecule has 1 aliphatic rings. The summed E-state index contributed by atoms with van der Waals surface area (Å²) in [5.74, 6) is 0. The Morgan fingerprint density at radius 1 is 1.04 bits per heavy atom. The van der Waals surface area contributed by atoms with Gasteiger partial charge in [0.05, 0.1) is 12.2 Å². The van der Waals surface area contributed by atoms with Crippen molar-refractivity contribution in [2.24, 2.45) is 0 Å². The maximum Gasteiger partial charge on any atom is 0.192 e. The second kappa shape index (κ2) is 10.3. The van der Waals surface area contributed by atoms with Gasteiger partial charge in [-0.05, 0) is 24.6 Å². The zero-order valence-electron chi connectivity index (χ0n) is 17.1. The van der Waals surface area contributed by atoms with Crippen molar-refractivity contribution < 1.29 is 23.4 Å². The highest BCUT2D eigenvalue weighted by atomic mass is 127. The fraction of sp³-hybridized carbons (Fsp3) is 1.00. The first kappa shape index (κ1) is 23.8. The molecule has 5 atom stereocenters. The minimum atomic E-state index is -1.99. The number of ether oxygens (including phenoxy) is 4. The van der Waals surface area contributed by atoms with Gasteiger partial charge in [-0.3, -0.25) is 0 Å². The molecule has 0 bridgehead atoms. The van der Waals surface area contributed by atoms with Crippen LogP contribution in [0.3, 0.4) is 0 Å². The van der Waals surface area contributed by atoms with Gasteiger partial charge in [-0.1, -0.05) is 56.7 Å². The van der Waals surface area contributed by atoms with Crippen LogP contribution in [-0.4, -0.2) is 64.3 Å². The van der Waals surface area contributed by atoms with Gasteiger partial charge in [0, 0.05) is 18.6 Å². The third kappa shape index (κ3) is 6.12. The molecule has 0 aromatic heterocycles. The van der Waals surface area contributed by atoms with Crippen LogP contribution in [-0.2, 0) is 23.4 Å². The van der Waals surface area contributed by atoms with Crippen LogP contribution in [0, 0.1) is 0 Å². The van der Waals surface area contributed by atoms with Crippen LogP contribution in [0.1, 0.15) is 40.5 Å². The van der Waals surface area contributed by atoms with Crippen LogP contribution in [0.5, 0.6) is 0 Å². The van der Waals surface area contributed by atoms with Crippen LogP contribution < -0.4 is 0 Å². The van der Waals surface area contributed by atoms with Gasteiger partial charge in [-0.2, -0.15) is 0 Å². The summed E-state index contributed by atoms with van der Waals surface area (Å²) in [5.41, 5.74) is 0. The predicted octanol–water partition coefficient (Wildman–Crippen LogP) is 4.38. The topological polar surface area (TPSA) is 46.2 Å². The highest BCUT2D eigenvalue weighted by Gasteiger charge is 2.51. The molecule has 0 aliphatic carbocycles. The Morgan fingerprint density at radius 3 is 2.12 bits per heavy atom. The second-order valence-electron chi connectivity index (χ2n) is 8.24. The molecule has 0 saturated carbocycles. The van der Waals surface area contributed by atoms with E-state index in [0.717, 1.165) is 17.3 Å². The largest absolute Gasteiger partial charge is 0.408 e. The van der Waals surface area contributed by atoms with Gasteiger partial charge in [0.2, 0.25) is 0 Å². The molecule has 1 aliphatic heterocycles. The third-order valence-electron chi connectivity index (χ3n) is 5.34. The van der Waals surface area contributed by atoms with Crippen LogP contribution in [0.2, 0.25) is 18.1 Å². The highest BCUT2D eigenvalue weighted by Crippen LogP contribution is 2.40. The minimum Gasteiger partial charge on any atom is -0.408 e. The average Bonchev–Trinajstić information content (AvgIpc) is 2.52. The van der Waals surface area contributed by atoms with Crippen LogP contribution in [0.4, 0.5) is 0 Å². The lowest BCUT2D eigenvalue weighted by Gasteiger charge is -2.49. The fourth-order valence-corrected chi connectivity index (χ4v) is 4.93. The molecule has 1 rings (SSSR count). The zero-order valence-corrected chi connectivity index (χ0v) is 20.3. The smallest absolute Gasteiger partial charge is 0.192 e. The van der Waals surface area contributed by atoms with Gasteiger partial charge in [0.15, 0.2) is 8.32 Å². The van der Waals surface area contributed by atoms with E-state index in [4.69, 9.17) is 23.4 Å². The van der Waals surface area contributed by atoms with E-state index >= 15 is 0 Å². The lowest BCUT2D eigenvalue weighted by molar-refractivity contribution is -0.247. The molecule has 1 heterocycles. The van der Waals surface area contributed by atoms with E-state index in [1.54, 1.807) is 14.2 Å². The molecule has 0 aromatic carbocycles. The fourth-order valence-electron chi connectivity index (χ4n) is 2.92. The third-order valence-corrected chi connectivity index (χ3v) is 10.7. The SMILES string of the molecule is CCCC1OC(CI)C(OC)C(O[Si](C)(C)C(C)(C)C)C1OCOC. The first-order valence-electron chi connectivity index (χ1n) is 9.15. The molecule has 0 aromatic rings. The van der Waals surface area contributed by atoms with Gasteiger partial charge in [-0.25, -0.2) is 0 Å². The molecular formula is C18H37IO5Si. The van der Waals surface area contributed by atoms with Crippen molar-refractivity contribution >= 4 is 30.9 Å². The van der Waals surface area contributed by atoms with Crippen LogP contribution >= 0.6 is 22.6 Å². The molecule has 0 spiro atoms. The summed E-state index contributed by atoms with van der Waals surface area (Å²) in [4.78, 5) is 0. The van der Waals surface area contributed by atoms with E-state index in [1.807, 2.05) is 0 Å². The van der Waals surface area contributed by atoms with Gasteiger partial charge in [-0.15, -0.1) is 0 Å². The Balaban J connectivity index is 3.17. The monoisotopic (exact) mass is 488 g/mol. The lowest BCUT2D eigenvalue weighted by Crippen LogP contribution is -2.63. The molecule has 7 heteroatoms. The Kier molecular flexibility index (Phi) is 9.83. The van der Waals surface area contributed by atoms with Crippen molar-refractivity contribution in [3.8, 4) is 0 Å². The van der Waals surface area contributed by atoms with Crippen molar-refractivity contribution in [3.05, 3.63) is 0 Å². The maximum atomic E-state index is 6.82. The molecule has 1 fully saturated rings. The molecule has 0 N–H and O–H groups in total. The van der Waals surface area contributed by atoms with Crippen molar-refractivity contribution in [3.63, 3.8) is 0 Å². The van der Waals surface area contributed by atoms with E-state index in [-0.39, 0.29) is 42.4 Å². The predicted molar refractivity (Wildman–Crippen MR) is 112 cm³/mol. The van der Waals surface area contributed by atoms with Crippen LogP contribution in [0.15, 0.2) is 0 Å². The molecule has 0 radical (unpaired) electrons. The summed E-state index contributed by atoms with van der Waals surface area (Å²) in [6.45, 7) is 13.7. The number of rotatable bonds is 9. The highest BCUT2D eigenvalue weighted by molar-refractivity contribution is 14.1. The summed E-state index contributed by atoms with van der Waals surface area (Å²) in [7, 11) is 1.40. The second-order valence-corrected chi connectivity index (χ2v) is 13.9. The zero-order chi connectivity index (χ0) is 19.3. The summed E-state index contributed by atoms with van der Waals surface area (Å²) < 4.78 is 31.1. The standard InChI is InChI=1S/C18H37IO5Si/c1-9-10-13-16(22-12-20-5)17(15(21-6)14(11-19)23-13)24-25(7,8)18(2,3)4/h13-17H,9-12H2,1-8H3. The van der Waals surface area contributed by atoms with Gasteiger partial charge >= 0.3 is 0 Å². The summed E-state index contributed by atoms with van der Waals surface area (Å²) >= 11 is 2.37. The molecular weight excluding hydrogens is 451 g/mol. The normalized spacial score (nSPS) is 31.3. The number of methoxy groups -OCH3 is 2. The van der Waals surface area contributed by atoms with Crippen molar-refractivity contribution in [2.45, 2.75) is 89.2 Å². The first-order chi connectivity index (χ1) is 11.6. The molecule has 5 unspecified atom stereocenters. The minimum absolute atomic E-state index is 0.00100. The van der Waals surface area contributed by atoms with E-state index in [1.165, 1.54) is 0 Å². The quantitative estimate of drug-likeness (QED) is 0.209. The Labute approximate surface area is 168 Å². The Morgan fingerprint density at radius 2 is 1.68 bits per heavy atom. The van der Waals surface area contributed by atoms with E-state index < -0.39 is 8.32 Å². The Hall–Kier alpha value is 0.747. The van der Waals surface area contributed by atoms with E-state index in [0.29, 0.717) is 0 Å². The molecule has 150 valence electrons. The van der Waals surface area contributed by atoms with Crippen molar-refractivity contribution in [1.82, 2.24) is 0 Å². The Bertz CT molecular complexity index is 388. The summed E-state index contributed by atoms with van der Waals surface area (Å²) in [6.07, 6.45) is 1.52. The summed E-state index contributed by atoms with van der Waals surface area (Å²) in [6, 6.07) is 0. The van der Waals surface area contributed by atoms with E-state index in [9.17, 15) is 0 Å². The lowest BCUT2D eigenvalue weighted by atomic mass is 9.93. The average molecular weight is 488 g/mol. The van der Waals surface area contributed by atoms with Crippen LogP contribution in [0.25, 0.3) is 0 Å². The summed E-state index contributed by atoms with van der Waals surface area (Å²) in [5, 5.41) is 0.121. The number of hydrogen-bond donors (Lipinski definition) is 0. The molecule has 0 amide bonds. The number of hydrogen-bond acceptors (Lipinski definition) is 5. The van der Waals surface area contributed by atoms with Crippen molar-refractivity contribution in [1.29, 1.82) is 0 Å². The van der Waals surface area contributed by atoms with Gasteiger partial charge in [0.1, 0.15) is 25.1 Å².